The highest BCUT2D eigenvalue weighted by atomic mass is 32.2. The molecule has 2 N–H and O–H groups in total. The van der Waals surface area contributed by atoms with Crippen LogP contribution in [0, 0.1) is 5.41 Å². The van der Waals surface area contributed by atoms with Gasteiger partial charge in [0.25, 0.3) is 10.0 Å². The Bertz CT molecular complexity index is 1030. The van der Waals surface area contributed by atoms with Gasteiger partial charge in [-0.25, -0.2) is 24.3 Å². The number of hydrogen-bond donors (Lipinski definition) is 2. The van der Waals surface area contributed by atoms with E-state index in [1.54, 1.807) is 6.92 Å². The lowest BCUT2D eigenvalue weighted by atomic mass is 9.77. The van der Waals surface area contributed by atoms with Gasteiger partial charge < -0.3 is 4.74 Å². The summed E-state index contributed by atoms with van der Waals surface area (Å²) < 4.78 is 31.6. The summed E-state index contributed by atoms with van der Waals surface area (Å²) in [6.45, 7) is 6.19. The summed E-state index contributed by atoms with van der Waals surface area (Å²) in [5.41, 5.74) is 1.25. The summed E-state index contributed by atoms with van der Waals surface area (Å²) in [4.78, 5) is 33.2. The van der Waals surface area contributed by atoms with Crippen LogP contribution in [0.25, 0.3) is 0 Å². The van der Waals surface area contributed by atoms with Crippen LogP contribution in [0.5, 0.6) is 0 Å². The lowest BCUT2D eigenvalue weighted by Gasteiger charge is -2.29. The first-order valence-corrected chi connectivity index (χ1v) is 11.3. The summed E-state index contributed by atoms with van der Waals surface area (Å²) in [5, 5.41) is 2.45. The third-order valence-electron chi connectivity index (χ3n) is 4.55. The van der Waals surface area contributed by atoms with E-state index in [4.69, 9.17) is 4.74 Å². The standard InChI is InChI=1S/C18H22N4O5S2/c1-4-27-16(23)14-11-5-7-18(2,3)9-12(11)28-15(14)21-17(24)22-29(25,26)13-6-8-19-10-20-13/h6,8,10H,4-5,7,9H2,1-3H3,(H2,21,22,24). The maximum atomic E-state index is 12.5. The van der Waals surface area contributed by atoms with E-state index in [0.717, 1.165) is 29.6 Å². The molecule has 2 heterocycles. The third-order valence-corrected chi connectivity index (χ3v) is 6.94. The molecular formula is C18H22N4O5S2. The maximum absolute atomic E-state index is 12.5. The second-order valence-electron chi connectivity index (χ2n) is 7.38. The number of urea groups is 1. The van der Waals surface area contributed by atoms with Crippen molar-refractivity contribution in [2.45, 2.75) is 45.1 Å². The normalized spacial score (nSPS) is 15.3. The predicted molar refractivity (Wildman–Crippen MR) is 107 cm³/mol. The van der Waals surface area contributed by atoms with E-state index in [1.165, 1.54) is 23.6 Å². The van der Waals surface area contributed by atoms with Gasteiger partial charge in [0, 0.05) is 11.1 Å². The lowest BCUT2D eigenvalue weighted by Crippen LogP contribution is -2.35. The molecule has 11 heteroatoms. The molecule has 0 fully saturated rings. The summed E-state index contributed by atoms with van der Waals surface area (Å²) >= 11 is 1.28. The molecule has 0 unspecified atom stereocenters. The van der Waals surface area contributed by atoms with E-state index < -0.39 is 22.0 Å². The van der Waals surface area contributed by atoms with Crippen molar-refractivity contribution in [2.24, 2.45) is 5.41 Å². The highest BCUT2D eigenvalue weighted by molar-refractivity contribution is 7.90. The molecule has 0 radical (unpaired) electrons. The number of rotatable bonds is 5. The van der Waals surface area contributed by atoms with E-state index in [1.807, 2.05) is 4.72 Å². The summed E-state index contributed by atoms with van der Waals surface area (Å²) in [6, 6.07) is 0.193. The molecule has 2 aromatic rings. The smallest absolute Gasteiger partial charge is 0.341 e. The number of fused-ring (bicyclic) bond motifs is 1. The topological polar surface area (TPSA) is 127 Å². The van der Waals surface area contributed by atoms with Crippen molar-refractivity contribution in [2.75, 3.05) is 11.9 Å². The number of anilines is 1. The monoisotopic (exact) mass is 438 g/mol. The molecule has 9 nitrogen and oxygen atoms in total. The van der Waals surface area contributed by atoms with Crippen molar-refractivity contribution in [3.63, 3.8) is 0 Å². The van der Waals surface area contributed by atoms with Crippen LogP contribution in [-0.2, 0) is 27.6 Å². The molecule has 0 spiro atoms. The molecule has 0 atom stereocenters. The SMILES string of the molecule is CCOC(=O)c1c(NC(=O)NS(=O)(=O)c2ccncn2)sc2c1CCC(C)(C)C2. The molecule has 1 aliphatic carbocycles. The number of sulfonamides is 1. The first kappa shape index (κ1) is 21.2. The first-order chi connectivity index (χ1) is 13.6. The number of nitrogens with zero attached hydrogens (tertiary/aromatic N) is 2. The second kappa shape index (κ2) is 8.07. The van der Waals surface area contributed by atoms with Crippen molar-refractivity contribution in [1.29, 1.82) is 0 Å². The van der Waals surface area contributed by atoms with Crippen LogP contribution in [0.15, 0.2) is 23.6 Å². The molecule has 0 aromatic carbocycles. The summed E-state index contributed by atoms with van der Waals surface area (Å²) in [6.07, 6.45) is 4.68. The van der Waals surface area contributed by atoms with Crippen LogP contribution in [0.4, 0.5) is 9.80 Å². The minimum Gasteiger partial charge on any atom is -0.462 e. The molecule has 3 rings (SSSR count). The molecule has 0 bridgehead atoms. The quantitative estimate of drug-likeness (QED) is 0.543. The van der Waals surface area contributed by atoms with E-state index >= 15 is 0 Å². The van der Waals surface area contributed by atoms with Crippen molar-refractivity contribution in [1.82, 2.24) is 14.7 Å². The zero-order chi connectivity index (χ0) is 21.2. The van der Waals surface area contributed by atoms with Crippen molar-refractivity contribution < 1.29 is 22.7 Å². The van der Waals surface area contributed by atoms with Crippen LogP contribution in [0.1, 0.15) is 48.0 Å². The Balaban J connectivity index is 1.87. The van der Waals surface area contributed by atoms with Gasteiger partial charge in [-0.2, -0.15) is 8.42 Å². The summed E-state index contributed by atoms with van der Waals surface area (Å²) in [7, 11) is -4.17. The van der Waals surface area contributed by atoms with Crippen LogP contribution in [0.2, 0.25) is 0 Å². The minimum atomic E-state index is -4.17. The highest BCUT2D eigenvalue weighted by Crippen LogP contribution is 2.44. The Kier molecular flexibility index (Phi) is 5.90. The molecule has 0 saturated carbocycles. The molecular weight excluding hydrogens is 416 g/mol. The highest BCUT2D eigenvalue weighted by Gasteiger charge is 2.33. The summed E-state index contributed by atoms with van der Waals surface area (Å²) in [5.74, 6) is -0.529. The van der Waals surface area contributed by atoms with Crippen LogP contribution in [0.3, 0.4) is 0 Å². The number of nitrogens with one attached hydrogen (secondary N) is 2. The zero-order valence-corrected chi connectivity index (χ0v) is 17.9. The van der Waals surface area contributed by atoms with Gasteiger partial charge in [-0.1, -0.05) is 13.8 Å². The Morgan fingerprint density at radius 3 is 2.76 bits per heavy atom. The number of ether oxygens (including phenoxy) is 1. The van der Waals surface area contributed by atoms with Gasteiger partial charge in [0.15, 0.2) is 5.03 Å². The zero-order valence-electron chi connectivity index (χ0n) is 16.3. The van der Waals surface area contributed by atoms with Crippen LogP contribution in [-0.4, -0.2) is 37.0 Å². The fraction of sp³-hybridized carbons (Fsp3) is 0.444. The molecule has 2 aromatic heterocycles. The number of aromatic nitrogens is 2. The van der Waals surface area contributed by atoms with E-state index in [9.17, 15) is 18.0 Å². The van der Waals surface area contributed by atoms with Gasteiger partial charge in [-0.3, -0.25) is 5.32 Å². The fourth-order valence-corrected chi connectivity index (χ4v) is 5.47. The predicted octanol–water partition coefficient (Wildman–Crippen LogP) is 2.74. The van der Waals surface area contributed by atoms with Gasteiger partial charge in [0.2, 0.25) is 0 Å². The number of thiophene rings is 1. The van der Waals surface area contributed by atoms with Gasteiger partial charge in [-0.15, -0.1) is 11.3 Å². The molecule has 0 saturated heterocycles. The first-order valence-electron chi connectivity index (χ1n) is 9.04. The number of carbonyl (C=O) groups excluding carboxylic acids is 2. The largest absolute Gasteiger partial charge is 0.462 e. The number of hydrogen-bond acceptors (Lipinski definition) is 8. The van der Waals surface area contributed by atoms with Crippen LogP contribution >= 0.6 is 11.3 Å². The average molecular weight is 439 g/mol. The van der Waals surface area contributed by atoms with Gasteiger partial charge in [0.05, 0.1) is 12.2 Å². The Morgan fingerprint density at radius 2 is 2.10 bits per heavy atom. The Hall–Kier alpha value is -2.53. The van der Waals surface area contributed by atoms with Crippen molar-refractivity contribution >= 4 is 38.4 Å². The van der Waals surface area contributed by atoms with E-state index in [0.29, 0.717) is 12.0 Å². The van der Waals surface area contributed by atoms with Crippen molar-refractivity contribution in [3.8, 4) is 0 Å². The molecule has 29 heavy (non-hydrogen) atoms. The maximum Gasteiger partial charge on any atom is 0.341 e. The number of amides is 2. The number of esters is 1. The Morgan fingerprint density at radius 1 is 1.34 bits per heavy atom. The Labute approximate surface area is 173 Å². The molecule has 2 amide bonds. The van der Waals surface area contributed by atoms with Gasteiger partial charge in [0.1, 0.15) is 11.3 Å². The average Bonchev–Trinajstić information content (AvgIpc) is 2.97. The number of carbonyl (C=O) groups is 2. The fourth-order valence-electron chi connectivity index (χ4n) is 3.15. The lowest BCUT2D eigenvalue weighted by molar-refractivity contribution is 0.0526. The minimum absolute atomic E-state index is 0.0830. The van der Waals surface area contributed by atoms with E-state index in [-0.39, 0.29) is 22.0 Å². The van der Waals surface area contributed by atoms with Crippen molar-refractivity contribution in [3.05, 3.63) is 34.6 Å². The van der Waals surface area contributed by atoms with Gasteiger partial charge in [-0.05, 0) is 43.2 Å². The molecule has 1 aliphatic rings. The van der Waals surface area contributed by atoms with Gasteiger partial charge >= 0.3 is 12.0 Å². The molecule has 0 aliphatic heterocycles. The molecule has 156 valence electrons. The van der Waals surface area contributed by atoms with E-state index in [2.05, 4.69) is 29.1 Å². The van der Waals surface area contributed by atoms with Crippen LogP contribution < -0.4 is 10.0 Å². The second-order valence-corrected chi connectivity index (χ2v) is 10.1. The third kappa shape index (κ3) is 4.73.